The second-order valence-corrected chi connectivity index (χ2v) is 5.85. The molecule has 1 aromatic carbocycles. The lowest BCUT2D eigenvalue weighted by atomic mass is 10.1. The molecular formula is C18H19FN4O2. The van der Waals surface area contributed by atoms with Crippen molar-refractivity contribution in [1.29, 1.82) is 0 Å². The van der Waals surface area contributed by atoms with Crippen LogP contribution in [0, 0.1) is 5.82 Å². The molecule has 130 valence electrons. The molecule has 3 rings (SSSR count). The summed E-state index contributed by atoms with van der Waals surface area (Å²) in [5.74, 6) is 0.123. The fraction of sp³-hybridized carbons (Fsp3) is 0.278. The summed E-state index contributed by atoms with van der Waals surface area (Å²) in [6, 6.07) is 9.82. The number of aromatic nitrogens is 1. The number of carbonyl (C=O) groups is 2. The fourth-order valence-corrected chi connectivity index (χ4v) is 2.72. The summed E-state index contributed by atoms with van der Waals surface area (Å²) >= 11 is 0. The van der Waals surface area contributed by atoms with Gasteiger partial charge in [-0.1, -0.05) is 18.2 Å². The van der Waals surface area contributed by atoms with Crippen molar-refractivity contribution in [2.75, 3.05) is 36.4 Å². The zero-order valence-electron chi connectivity index (χ0n) is 13.7. The number of anilines is 2. The lowest BCUT2D eigenvalue weighted by molar-refractivity contribution is -0.118. The predicted molar refractivity (Wildman–Crippen MR) is 92.8 cm³/mol. The van der Waals surface area contributed by atoms with E-state index in [1.165, 1.54) is 6.07 Å². The van der Waals surface area contributed by atoms with Gasteiger partial charge in [0, 0.05) is 26.2 Å². The highest BCUT2D eigenvalue weighted by molar-refractivity contribution is 5.92. The van der Waals surface area contributed by atoms with E-state index < -0.39 is 0 Å². The number of amides is 2. The molecule has 7 heteroatoms. The second kappa shape index (κ2) is 7.74. The van der Waals surface area contributed by atoms with E-state index in [0.29, 0.717) is 24.3 Å². The largest absolute Gasteiger partial charge is 0.353 e. The number of benzene rings is 1. The van der Waals surface area contributed by atoms with Crippen molar-refractivity contribution in [2.45, 2.75) is 6.42 Å². The van der Waals surface area contributed by atoms with Crippen LogP contribution in [0.3, 0.4) is 0 Å². The van der Waals surface area contributed by atoms with Crippen LogP contribution in [0.15, 0.2) is 42.6 Å². The van der Waals surface area contributed by atoms with Crippen molar-refractivity contribution in [2.24, 2.45) is 0 Å². The third kappa shape index (κ3) is 4.32. The average Bonchev–Trinajstić information content (AvgIpc) is 2.64. The third-order valence-electron chi connectivity index (χ3n) is 4.13. The molecule has 1 fully saturated rings. The summed E-state index contributed by atoms with van der Waals surface area (Å²) in [6.45, 7) is 2.80. The summed E-state index contributed by atoms with van der Waals surface area (Å²) in [5.41, 5.74) is 0.925. The van der Waals surface area contributed by atoms with Gasteiger partial charge in [-0.05, 0) is 23.8 Å². The van der Waals surface area contributed by atoms with Crippen LogP contribution in [-0.4, -0.2) is 48.4 Å². The number of nitrogens with zero attached hydrogens (tertiary/aromatic N) is 3. The molecule has 0 spiro atoms. The molecule has 0 atom stereocenters. The number of carbonyl (C=O) groups excluding carboxylic acids is 2. The van der Waals surface area contributed by atoms with E-state index in [1.807, 2.05) is 6.07 Å². The Hall–Kier alpha value is -2.96. The first-order valence-corrected chi connectivity index (χ1v) is 8.09. The van der Waals surface area contributed by atoms with Crippen LogP contribution < -0.4 is 10.2 Å². The molecule has 1 aromatic heterocycles. The van der Waals surface area contributed by atoms with Crippen LogP contribution in [0.5, 0.6) is 0 Å². The van der Waals surface area contributed by atoms with Gasteiger partial charge in [0.2, 0.25) is 12.3 Å². The van der Waals surface area contributed by atoms with Gasteiger partial charge in [-0.25, -0.2) is 9.37 Å². The van der Waals surface area contributed by atoms with E-state index >= 15 is 0 Å². The molecule has 25 heavy (non-hydrogen) atoms. The monoisotopic (exact) mass is 342 g/mol. The van der Waals surface area contributed by atoms with Crippen LogP contribution in [0.2, 0.25) is 0 Å². The zero-order chi connectivity index (χ0) is 17.6. The van der Waals surface area contributed by atoms with E-state index in [1.54, 1.807) is 35.4 Å². The standard InChI is InChI=1S/C18H19FN4O2/c19-16-4-2-1-3-14(16)11-18(25)21-15-5-6-17(20-12-15)23-9-7-22(13-24)8-10-23/h1-6,12-13H,7-11H2,(H,21,25). The fourth-order valence-electron chi connectivity index (χ4n) is 2.72. The molecule has 6 nitrogen and oxygen atoms in total. The smallest absolute Gasteiger partial charge is 0.228 e. The highest BCUT2D eigenvalue weighted by Gasteiger charge is 2.16. The van der Waals surface area contributed by atoms with Crippen molar-refractivity contribution >= 4 is 23.8 Å². The molecule has 0 unspecified atom stereocenters. The highest BCUT2D eigenvalue weighted by Crippen LogP contribution is 2.16. The number of hydrogen-bond donors (Lipinski definition) is 1. The molecule has 0 bridgehead atoms. The zero-order valence-corrected chi connectivity index (χ0v) is 13.7. The third-order valence-corrected chi connectivity index (χ3v) is 4.13. The van der Waals surface area contributed by atoms with Crippen LogP contribution >= 0.6 is 0 Å². The summed E-state index contributed by atoms with van der Waals surface area (Å²) in [4.78, 5) is 30.9. The first-order chi connectivity index (χ1) is 12.2. The Labute approximate surface area is 145 Å². The normalized spacial score (nSPS) is 14.3. The maximum atomic E-state index is 13.6. The van der Waals surface area contributed by atoms with E-state index in [-0.39, 0.29) is 18.1 Å². The van der Waals surface area contributed by atoms with Crippen LogP contribution in [-0.2, 0) is 16.0 Å². The molecule has 1 N–H and O–H groups in total. The van der Waals surface area contributed by atoms with Gasteiger partial charge in [-0.2, -0.15) is 0 Å². The van der Waals surface area contributed by atoms with Gasteiger partial charge in [-0.3, -0.25) is 9.59 Å². The number of rotatable bonds is 5. The maximum absolute atomic E-state index is 13.6. The van der Waals surface area contributed by atoms with Crippen LogP contribution in [0.1, 0.15) is 5.56 Å². The minimum atomic E-state index is -0.388. The molecule has 2 aromatic rings. The number of piperazine rings is 1. The molecule has 1 aliphatic rings. The summed E-state index contributed by atoms with van der Waals surface area (Å²) in [7, 11) is 0. The molecule has 0 aliphatic carbocycles. The van der Waals surface area contributed by atoms with Gasteiger partial charge in [-0.15, -0.1) is 0 Å². The Morgan fingerprint density at radius 1 is 1.16 bits per heavy atom. The lowest BCUT2D eigenvalue weighted by Gasteiger charge is -2.33. The Bertz CT molecular complexity index is 743. The predicted octanol–water partition coefficient (Wildman–Crippen LogP) is 1.68. The molecule has 1 saturated heterocycles. The van der Waals surface area contributed by atoms with Gasteiger partial charge < -0.3 is 15.1 Å². The molecule has 1 aliphatic heterocycles. The summed E-state index contributed by atoms with van der Waals surface area (Å²) in [5, 5.41) is 2.72. The number of nitrogens with one attached hydrogen (secondary N) is 1. The number of halogens is 1. The number of hydrogen-bond acceptors (Lipinski definition) is 4. The Balaban J connectivity index is 1.56. The first kappa shape index (κ1) is 16.9. The van der Waals surface area contributed by atoms with Crippen LogP contribution in [0.4, 0.5) is 15.9 Å². The van der Waals surface area contributed by atoms with Crippen LogP contribution in [0.25, 0.3) is 0 Å². The molecule has 0 radical (unpaired) electrons. The first-order valence-electron chi connectivity index (χ1n) is 8.09. The van der Waals surface area contributed by atoms with E-state index in [2.05, 4.69) is 15.2 Å². The van der Waals surface area contributed by atoms with Gasteiger partial charge in [0.05, 0.1) is 18.3 Å². The highest BCUT2D eigenvalue weighted by atomic mass is 19.1. The summed E-state index contributed by atoms with van der Waals surface area (Å²) < 4.78 is 13.6. The van der Waals surface area contributed by atoms with Crippen molar-refractivity contribution in [3.05, 3.63) is 54.0 Å². The molecular weight excluding hydrogens is 323 g/mol. The van der Waals surface area contributed by atoms with Crippen molar-refractivity contribution in [1.82, 2.24) is 9.88 Å². The van der Waals surface area contributed by atoms with Gasteiger partial charge in [0.1, 0.15) is 11.6 Å². The SMILES string of the molecule is O=CN1CCN(c2ccc(NC(=O)Cc3ccccc3F)cn2)CC1. The Kier molecular flexibility index (Phi) is 5.23. The lowest BCUT2D eigenvalue weighted by Crippen LogP contribution is -2.46. The topological polar surface area (TPSA) is 65.5 Å². The quantitative estimate of drug-likeness (QED) is 0.840. The summed E-state index contributed by atoms with van der Waals surface area (Å²) in [6.07, 6.45) is 2.42. The van der Waals surface area contributed by atoms with Gasteiger partial charge in [0.15, 0.2) is 0 Å². The van der Waals surface area contributed by atoms with Crippen molar-refractivity contribution < 1.29 is 14.0 Å². The van der Waals surface area contributed by atoms with Crippen molar-refractivity contribution in [3.63, 3.8) is 0 Å². The average molecular weight is 342 g/mol. The Morgan fingerprint density at radius 3 is 2.56 bits per heavy atom. The van der Waals surface area contributed by atoms with E-state index in [9.17, 15) is 14.0 Å². The number of pyridine rings is 1. The van der Waals surface area contributed by atoms with Gasteiger partial charge >= 0.3 is 0 Å². The minimum absolute atomic E-state index is 0.0257. The minimum Gasteiger partial charge on any atom is -0.353 e. The molecule has 2 amide bonds. The Morgan fingerprint density at radius 2 is 1.92 bits per heavy atom. The van der Waals surface area contributed by atoms with E-state index in [4.69, 9.17) is 0 Å². The maximum Gasteiger partial charge on any atom is 0.228 e. The molecule has 2 heterocycles. The van der Waals surface area contributed by atoms with Crippen molar-refractivity contribution in [3.8, 4) is 0 Å². The van der Waals surface area contributed by atoms with E-state index in [0.717, 1.165) is 25.3 Å². The van der Waals surface area contributed by atoms with Gasteiger partial charge in [0.25, 0.3) is 0 Å². The second-order valence-electron chi connectivity index (χ2n) is 5.85. The molecule has 0 saturated carbocycles.